The van der Waals surface area contributed by atoms with Gasteiger partial charge in [-0.1, -0.05) is 23.2 Å². The number of anilines is 1. The van der Waals surface area contributed by atoms with Crippen molar-refractivity contribution in [3.05, 3.63) is 50.5 Å². The van der Waals surface area contributed by atoms with E-state index in [-0.39, 0.29) is 11.4 Å². The van der Waals surface area contributed by atoms with Crippen molar-refractivity contribution >= 4 is 34.7 Å². The summed E-state index contributed by atoms with van der Waals surface area (Å²) in [5.41, 5.74) is 0.516. The van der Waals surface area contributed by atoms with E-state index in [2.05, 4.69) is 10.3 Å². The molecule has 0 aliphatic rings. The van der Waals surface area contributed by atoms with Crippen molar-refractivity contribution in [3.63, 3.8) is 0 Å². The van der Waals surface area contributed by atoms with Gasteiger partial charge in [-0.25, -0.2) is 4.98 Å². The Morgan fingerprint density at radius 2 is 2.05 bits per heavy atom. The molecule has 1 N–H and O–H groups in total. The summed E-state index contributed by atoms with van der Waals surface area (Å²) >= 11 is 12.0. The largest absolute Gasteiger partial charge is 0.370 e. The molecule has 5 nitrogen and oxygen atoms in total. The summed E-state index contributed by atoms with van der Waals surface area (Å²) < 4.78 is 0. The molecule has 0 amide bonds. The number of hydrogen-bond donors (Lipinski definition) is 1. The van der Waals surface area contributed by atoms with E-state index >= 15 is 0 Å². The Labute approximate surface area is 125 Å². The van der Waals surface area contributed by atoms with Gasteiger partial charge in [0.05, 0.1) is 9.95 Å². The highest BCUT2D eigenvalue weighted by Crippen LogP contribution is 2.35. The molecular weight excluding hydrogens is 301 g/mol. The quantitative estimate of drug-likeness (QED) is 0.671. The van der Waals surface area contributed by atoms with Crippen LogP contribution >= 0.6 is 23.2 Å². The standard InChI is InChI=1S/C13H11Cl2N3O2/c1-2-16-12-6-5-11(18(19)20)13(17-12)9-7-8(14)3-4-10(9)15/h3-7H,2H2,1H3,(H,16,17). The second kappa shape index (κ2) is 6.07. The van der Waals surface area contributed by atoms with Gasteiger partial charge < -0.3 is 5.32 Å². The van der Waals surface area contributed by atoms with Crippen molar-refractivity contribution in [2.24, 2.45) is 0 Å². The molecule has 7 heteroatoms. The molecule has 0 spiro atoms. The van der Waals surface area contributed by atoms with Crippen LogP contribution in [0.4, 0.5) is 11.5 Å². The zero-order valence-electron chi connectivity index (χ0n) is 10.6. The average Bonchev–Trinajstić information content (AvgIpc) is 2.41. The summed E-state index contributed by atoms with van der Waals surface area (Å²) in [7, 11) is 0. The summed E-state index contributed by atoms with van der Waals surface area (Å²) in [6.45, 7) is 2.57. The average molecular weight is 312 g/mol. The number of aromatic nitrogens is 1. The maximum atomic E-state index is 11.1. The summed E-state index contributed by atoms with van der Waals surface area (Å²) in [6, 6.07) is 7.73. The number of nitrogens with one attached hydrogen (secondary N) is 1. The fraction of sp³-hybridized carbons (Fsp3) is 0.154. The van der Waals surface area contributed by atoms with Crippen LogP contribution in [-0.4, -0.2) is 16.5 Å². The molecule has 2 aromatic rings. The van der Waals surface area contributed by atoms with Gasteiger partial charge in [0.15, 0.2) is 5.69 Å². The van der Waals surface area contributed by atoms with Crippen molar-refractivity contribution in [1.82, 2.24) is 4.98 Å². The fourth-order valence-corrected chi connectivity index (χ4v) is 2.14. The number of nitrogens with zero attached hydrogens (tertiary/aromatic N) is 2. The fourth-order valence-electron chi connectivity index (χ4n) is 1.76. The third-order valence-corrected chi connectivity index (χ3v) is 3.18. The Bertz CT molecular complexity index is 662. The molecule has 104 valence electrons. The molecule has 0 saturated heterocycles. The van der Waals surface area contributed by atoms with Gasteiger partial charge in [-0.3, -0.25) is 10.1 Å². The molecule has 0 bridgehead atoms. The van der Waals surface area contributed by atoms with Crippen LogP contribution < -0.4 is 5.32 Å². The van der Waals surface area contributed by atoms with E-state index in [4.69, 9.17) is 23.2 Å². The molecular formula is C13H11Cl2N3O2. The van der Waals surface area contributed by atoms with Crippen molar-refractivity contribution in [3.8, 4) is 11.3 Å². The molecule has 0 fully saturated rings. The monoisotopic (exact) mass is 311 g/mol. The molecule has 20 heavy (non-hydrogen) atoms. The predicted octanol–water partition coefficient (Wildman–Crippen LogP) is 4.40. The third kappa shape index (κ3) is 3.00. The molecule has 1 aromatic carbocycles. The van der Waals surface area contributed by atoms with Gasteiger partial charge in [-0.2, -0.15) is 0 Å². The summed E-state index contributed by atoms with van der Waals surface area (Å²) in [6.07, 6.45) is 0. The molecule has 2 rings (SSSR count). The van der Waals surface area contributed by atoms with Crippen LogP contribution in [0, 0.1) is 10.1 Å². The lowest BCUT2D eigenvalue weighted by molar-refractivity contribution is -0.384. The zero-order valence-corrected chi connectivity index (χ0v) is 12.1. The van der Waals surface area contributed by atoms with E-state index < -0.39 is 4.92 Å². The number of pyridine rings is 1. The Morgan fingerprint density at radius 1 is 1.30 bits per heavy atom. The maximum absolute atomic E-state index is 11.1. The normalized spacial score (nSPS) is 10.3. The van der Waals surface area contributed by atoms with Crippen LogP contribution in [0.15, 0.2) is 30.3 Å². The first-order chi connectivity index (χ1) is 9.52. The molecule has 0 atom stereocenters. The summed E-state index contributed by atoms with van der Waals surface area (Å²) in [5.74, 6) is 0.546. The zero-order chi connectivity index (χ0) is 14.7. The van der Waals surface area contributed by atoms with Gasteiger partial charge in [0, 0.05) is 23.2 Å². The molecule has 0 aliphatic carbocycles. The van der Waals surface area contributed by atoms with Crippen LogP contribution in [-0.2, 0) is 0 Å². The number of rotatable bonds is 4. The minimum absolute atomic E-state index is 0.115. The van der Waals surface area contributed by atoms with Crippen LogP contribution in [0.3, 0.4) is 0 Å². The van der Waals surface area contributed by atoms with E-state index in [9.17, 15) is 10.1 Å². The van der Waals surface area contributed by atoms with Crippen LogP contribution in [0.1, 0.15) is 6.92 Å². The van der Waals surface area contributed by atoms with E-state index in [1.807, 2.05) is 6.92 Å². The highest BCUT2D eigenvalue weighted by Gasteiger charge is 2.20. The first kappa shape index (κ1) is 14.6. The van der Waals surface area contributed by atoms with Crippen LogP contribution in [0.5, 0.6) is 0 Å². The lowest BCUT2D eigenvalue weighted by Crippen LogP contribution is -2.02. The minimum atomic E-state index is -0.491. The molecule has 0 saturated carbocycles. The van der Waals surface area contributed by atoms with Crippen LogP contribution in [0.25, 0.3) is 11.3 Å². The van der Waals surface area contributed by atoms with Crippen LogP contribution in [0.2, 0.25) is 10.0 Å². The van der Waals surface area contributed by atoms with Crippen molar-refractivity contribution in [2.75, 3.05) is 11.9 Å². The molecule has 0 unspecified atom stereocenters. The Morgan fingerprint density at radius 3 is 2.70 bits per heavy atom. The molecule has 0 aliphatic heterocycles. The maximum Gasteiger partial charge on any atom is 0.295 e. The lowest BCUT2D eigenvalue weighted by atomic mass is 10.1. The molecule has 0 radical (unpaired) electrons. The Kier molecular flexibility index (Phi) is 4.42. The first-order valence-corrected chi connectivity index (χ1v) is 6.63. The number of benzene rings is 1. The van der Waals surface area contributed by atoms with E-state index in [0.29, 0.717) is 28.0 Å². The highest BCUT2D eigenvalue weighted by molar-refractivity contribution is 6.35. The Hall–Kier alpha value is -1.85. The topological polar surface area (TPSA) is 68.1 Å². The van der Waals surface area contributed by atoms with Crippen molar-refractivity contribution < 1.29 is 4.92 Å². The SMILES string of the molecule is CCNc1ccc([N+](=O)[O-])c(-c2cc(Cl)ccc2Cl)n1. The first-order valence-electron chi connectivity index (χ1n) is 5.87. The molecule has 1 aromatic heterocycles. The van der Waals surface area contributed by atoms with E-state index in [1.54, 1.807) is 24.3 Å². The van der Waals surface area contributed by atoms with Gasteiger partial charge in [0.2, 0.25) is 0 Å². The van der Waals surface area contributed by atoms with Crippen molar-refractivity contribution in [2.45, 2.75) is 6.92 Å². The van der Waals surface area contributed by atoms with Gasteiger partial charge in [0.25, 0.3) is 5.69 Å². The second-order valence-corrected chi connectivity index (χ2v) is 4.82. The van der Waals surface area contributed by atoms with Gasteiger partial charge in [0.1, 0.15) is 5.82 Å². The molecule has 1 heterocycles. The predicted molar refractivity (Wildman–Crippen MR) is 80.5 cm³/mol. The lowest BCUT2D eigenvalue weighted by Gasteiger charge is -2.08. The number of halogens is 2. The minimum Gasteiger partial charge on any atom is -0.370 e. The van der Waals surface area contributed by atoms with Gasteiger partial charge in [-0.05, 0) is 31.2 Å². The van der Waals surface area contributed by atoms with Gasteiger partial charge >= 0.3 is 0 Å². The number of hydrogen-bond acceptors (Lipinski definition) is 4. The summed E-state index contributed by atoms with van der Waals surface area (Å²) in [5, 5.41) is 14.9. The van der Waals surface area contributed by atoms with E-state index in [0.717, 1.165) is 0 Å². The summed E-state index contributed by atoms with van der Waals surface area (Å²) in [4.78, 5) is 14.9. The van der Waals surface area contributed by atoms with E-state index in [1.165, 1.54) is 6.07 Å². The highest BCUT2D eigenvalue weighted by atomic mass is 35.5. The third-order valence-electron chi connectivity index (χ3n) is 2.61. The Balaban J connectivity index is 2.65. The smallest absolute Gasteiger partial charge is 0.295 e. The number of nitro groups is 1. The van der Waals surface area contributed by atoms with Crippen molar-refractivity contribution in [1.29, 1.82) is 0 Å². The van der Waals surface area contributed by atoms with Gasteiger partial charge in [-0.15, -0.1) is 0 Å². The second-order valence-electron chi connectivity index (χ2n) is 3.98.